The summed E-state index contributed by atoms with van der Waals surface area (Å²) in [6, 6.07) is 6.22. The molecule has 2 fully saturated rings. The zero-order valence-corrected chi connectivity index (χ0v) is 14.3. The number of hydrogen-bond acceptors (Lipinski definition) is 4. The van der Waals surface area contributed by atoms with E-state index in [1.807, 2.05) is 12.1 Å². The molecular weight excluding hydrogens is 277 g/mol. The van der Waals surface area contributed by atoms with Crippen molar-refractivity contribution >= 4 is 18.3 Å². The average molecular weight is 303 g/mol. The largest absolute Gasteiger partial charge is 0.495 e. The van der Waals surface area contributed by atoms with Gasteiger partial charge in [-0.2, -0.15) is 0 Å². The molecule has 0 spiro atoms. The Balaban J connectivity index is 1.91. The van der Waals surface area contributed by atoms with E-state index in [2.05, 4.69) is 38.7 Å². The number of hydrogen-bond donors (Lipinski definition) is 0. The van der Waals surface area contributed by atoms with Crippen molar-refractivity contribution in [3.8, 4) is 5.75 Å². The molecule has 5 heteroatoms. The first-order valence-corrected chi connectivity index (χ1v) is 8.12. The van der Waals surface area contributed by atoms with Crippen LogP contribution in [-0.4, -0.2) is 38.5 Å². The number of methoxy groups -OCH3 is 1. The molecule has 120 valence electrons. The Kier molecular flexibility index (Phi) is 3.90. The summed E-state index contributed by atoms with van der Waals surface area (Å²) in [4.78, 5) is 2.38. The van der Waals surface area contributed by atoms with Crippen molar-refractivity contribution in [2.24, 2.45) is 0 Å². The maximum Gasteiger partial charge on any atom is 0.494 e. The molecular formula is C17H26BNO3. The van der Waals surface area contributed by atoms with E-state index in [4.69, 9.17) is 14.0 Å². The molecule has 2 aliphatic rings. The van der Waals surface area contributed by atoms with Gasteiger partial charge in [0, 0.05) is 13.1 Å². The van der Waals surface area contributed by atoms with Crippen LogP contribution in [0, 0.1) is 0 Å². The smallest absolute Gasteiger partial charge is 0.494 e. The lowest BCUT2D eigenvalue weighted by molar-refractivity contribution is 0.00578. The fraction of sp³-hybridized carbons (Fsp3) is 0.647. The Morgan fingerprint density at radius 1 is 1.05 bits per heavy atom. The molecule has 0 N–H and O–H groups in total. The Labute approximate surface area is 133 Å². The van der Waals surface area contributed by atoms with Crippen LogP contribution in [0.2, 0.25) is 0 Å². The summed E-state index contributed by atoms with van der Waals surface area (Å²) in [5, 5.41) is 0. The molecule has 2 heterocycles. The summed E-state index contributed by atoms with van der Waals surface area (Å²) >= 11 is 0. The molecule has 0 amide bonds. The molecule has 2 aliphatic heterocycles. The summed E-state index contributed by atoms with van der Waals surface area (Å²) < 4.78 is 17.9. The van der Waals surface area contributed by atoms with E-state index >= 15 is 0 Å². The topological polar surface area (TPSA) is 30.9 Å². The number of rotatable bonds is 3. The first kappa shape index (κ1) is 15.7. The summed E-state index contributed by atoms with van der Waals surface area (Å²) in [5.74, 6) is 0.919. The number of benzene rings is 1. The predicted molar refractivity (Wildman–Crippen MR) is 90.2 cm³/mol. The Morgan fingerprint density at radius 2 is 1.64 bits per heavy atom. The van der Waals surface area contributed by atoms with Gasteiger partial charge in [-0.15, -0.1) is 0 Å². The minimum absolute atomic E-state index is 0.314. The average Bonchev–Trinajstić information content (AvgIpc) is 3.05. The number of ether oxygens (including phenoxy) is 1. The minimum atomic E-state index is -0.322. The highest BCUT2D eigenvalue weighted by Crippen LogP contribution is 2.37. The maximum absolute atomic E-state index is 6.16. The summed E-state index contributed by atoms with van der Waals surface area (Å²) in [6.07, 6.45) is 2.48. The Hall–Kier alpha value is -1.20. The fourth-order valence-corrected chi connectivity index (χ4v) is 3.04. The molecule has 2 saturated heterocycles. The molecule has 1 aromatic carbocycles. The third-order valence-corrected chi connectivity index (χ3v) is 5.18. The van der Waals surface area contributed by atoms with Crippen LogP contribution in [0.4, 0.5) is 5.69 Å². The molecule has 0 radical (unpaired) electrons. The van der Waals surface area contributed by atoms with Crippen LogP contribution in [0.25, 0.3) is 0 Å². The Morgan fingerprint density at radius 3 is 2.18 bits per heavy atom. The molecule has 0 unspecified atom stereocenters. The van der Waals surface area contributed by atoms with Crippen molar-refractivity contribution in [3.63, 3.8) is 0 Å². The molecule has 1 aromatic rings. The van der Waals surface area contributed by atoms with Gasteiger partial charge in [0.2, 0.25) is 0 Å². The van der Waals surface area contributed by atoms with E-state index in [0.717, 1.165) is 30.0 Å². The zero-order chi connectivity index (χ0) is 16.0. The van der Waals surface area contributed by atoms with Crippen LogP contribution >= 0.6 is 0 Å². The van der Waals surface area contributed by atoms with E-state index in [-0.39, 0.29) is 18.3 Å². The summed E-state index contributed by atoms with van der Waals surface area (Å²) in [7, 11) is 1.40. The first-order valence-electron chi connectivity index (χ1n) is 8.12. The van der Waals surface area contributed by atoms with Gasteiger partial charge < -0.3 is 18.9 Å². The van der Waals surface area contributed by atoms with Gasteiger partial charge in [-0.25, -0.2) is 0 Å². The van der Waals surface area contributed by atoms with E-state index in [9.17, 15) is 0 Å². The maximum atomic E-state index is 6.16. The van der Waals surface area contributed by atoms with Crippen LogP contribution in [0.5, 0.6) is 5.75 Å². The van der Waals surface area contributed by atoms with Gasteiger partial charge >= 0.3 is 7.12 Å². The van der Waals surface area contributed by atoms with Crippen molar-refractivity contribution in [2.75, 3.05) is 25.1 Å². The van der Waals surface area contributed by atoms with Crippen molar-refractivity contribution < 1.29 is 14.0 Å². The molecule has 0 aliphatic carbocycles. The van der Waals surface area contributed by atoms with Crippen LogP contribution < -0.4 is 15.1 Å². The van der Waals surface area contributed by atoms with E-state index in [1.54, 1.807) is 7.11 Å². The van der Waals surface area contributed by atoms with Gasteiger partial charge in [-0.3, -0.25) is 0 Å². The van der Waals surface area contributed by atoms with Gasteiger partial charge in [0.25, 0.3) is 0 Å². The van der Waals surface area contributed by atoms with Gasteiger partial charge in [0.05, 0.1) is 24.0 Å². The molecule has 4 nitrogen and oxygen atoms in total. The standard InChI is InChI=1S/C17H26BNO3/c1-16(2)17(3,4)22-18(21-16)13-8-9-15(20-5)14(12-13)19-10-6-7-11-19/h8-9,12H,6-7,10-11H2,1-5H3. The van der Waals surface area contributed by atoms with E-state index in [0.29, 0.717) is 0 Å². The van der Waals surface area contributed by atoms with Crippen LogP contribution in [0.1, 0.15) is 40.5 Å². The number of nitrogens with zero attached hydrogens (tertiary/aromatic N) is 1. The lowest BCUT2D eigenvalue weighted by Gasteiger charge is -2.32. The van der Waals surface area contributed by atoms with Crippen LogP contribution in [0.3, 0.4) is 0 Å². The summed E-state index contributed by atoms with van der Waals surface area (Å²) in [5.41, 5.74) is 1.57. The molecule has 3 rings (SSSR count). The first-order chi connectivity index (χ1) is 10.3. The third-order valence-electron chi connectivity index (χ3n) is 5.18. The lowest BCUT2D eigenvalue weighted by atomic mass is 9.79. The quantitative estimate of drug-likeness (QED) is 0.803. The zero-order valence-electron chi connectivity index (χ0n) is 14.3. The van der Waals surface area contributed by atoms with Crippen molar-refractivity contribution in [1.82, 2.24) is 0 Å². The van der Waals surface area contributed by atoms with E-state index in [1.165, 1.54) is 12.8 Å². The van der Waals surface area contributed by atoms with Crippen molar-refractivity contribution in [1.29, 1.82) is 0 Å². The predicted octanol–water partition coefficient (Wildman–Crippen LogP) is 2.59. The Bertz CT molecular complexity index is 537. The molecule has 0 aromatic heterocycles. The van der Waals surface area contributed by atoms with Gasteiger partial charge in [0.1, 0.15) is 5.75 Å². The van der Waals surface area contributed by atoms with Crippen molar-refractivity contribution in [2.45, 2.75) is 51.7 Å². The summed E-state index contributed by atoms with van der Waals surface area (Å²) in [6.45, 7) is 10.5. The van der Waals surface area contributed by atoms with Gasteiger partial charge in [0.15, 0.2) is 0 Å². The second-order valence-corrected chi connectivity index (χ2v) is 7.21. The highest BCUT2D eigenvalue weighted by molar-refractivity contribution is 6.62. The normalized spacial score (nSPS) is 23.1. The minimum Gasteiger partial charge on any atom is -0.495 e. The van der Waals surface area contributed by atoms with Gasteiger partial charge in [-0.05, 0) is 58.1 Å². The monoisotopic (exact) mass is 303 g/mol. The third kappa shape index (κ3) is 2.61. The van der Waals surface area contributed by atoms with E-state index < -0.39 is 0 Å². The SMILES string of the molecule is COc1ccc(B2OC(C)(C)C(C)(C)O2)cc1N1CCCC1. The van der Waals surface area contributed by atoms with Gasteiger partial charge in [-0.1, -0.05) is 6.07 Å². The van der Waals surface area contributed by atoms with Crippen molar-refractivity contribution in [3.05, 3.63) is 18.2 Å². The fourth-order valence-electron chi connectivity index (χ4n) is 3.04. The number of anilines is 1. The highest BCUT2D eigenvalue weighted by atomic mass is 16.7. The second kappa shape index (κ2) is 5.46. The van der Waals surface area contributed by atoms with Crippen LogP contribution in [-0.2, 0) is 9.31 Å². The lowest BCUT2D eigenvalue weighted by Crippen LogP contribution is -2.41. The highest BCUT2D eigenvalue weighted by Gasteiger charge is 2.51. The van der Waals surface area contributed by atoms with Crippen LogP contribution in [0.15, 0.2) is 18.2 Å². The molecule has 0 bridgehead atoms. The molecule has 22 heavy (non-hydrogen) atoms. The molecule has 0 atom stereocenters. The molecule has 0 saturated carbocycles. The second-order valence-electron chi connectivity index (χ2n) is 7.21.